The Labute approximate surface area is 221 Å². The summed E-state index contributed by atoms with van der Waals surface area (Å²) in [5.41, 5.74) is 4.06. The normalized spacial score (nSPS) is 15.8. The molecular formula is C27H25F3N2O7. The van der Waals surface area contributed by atoms with Crippen molar-refractivity contribution in [2.45, 2.75) is 31.4 Å². The molecule has 0 atom stereocenters. The van der Waals surface area contributed by atoms with E-state index in [0.717, 1.165) is 35.2 Å². The molecule has 0 unspecified atom stereocenters. The van der Waals surface area contributed by atoms with E-state index in [9.17, 15) is 22.8 Å². The molecule has 1 fully saturated rings. The molecule has 5 rings (SSSR count). The lowest BCUT2D eigenvalue weighted by molar-refractivity contribution is -0.192. The Kier molecular flexibility index (Phi) is 7.77. The van der Waals surface area contributed by atoms with Crippen LogP contribution < -0.4 is 4.90 Å². The van der Waals surface area contributed by atoms with Gasteiger partial charge in [-0.3, -0.25) is 4.79 Å². The number of halogens is 3. The number of methoxy groups -OCH3 is 1. The molecule has 1 saturated heterocycles. The molecular weight excluding hydrogens is 521 g/mol. The van der Waals surface area contributed by atoms with Crippen LogP contribution in [0.15, 0.2) is 53.1 Å². The Morgan fingerprint density at radius 2 is 1.72 bits per heavy atom. The van der Waals surface area contributed by atoms with Gasteiger partial charge in [-0.2, -0.15) is 13.2 Å². The van der Waals surface area contributed by atoms with Crippen molar-refractivity contribution in [3.63, 3.8) is 0 Å². The van der Waals surface area contributed by atoms with Crippen molar-refractivity contribution < 1.29 is 46.6 Å². The minimum Gasteiger partial charge on any atom is -0.475 e. The van der Waals surface area contributed by atoms with Gasteiger partial charge in [0.15, 0.2) is 5.76 Å². The van der Waals surface area contributed by atoms with Gasteiger partial charge < -0.3 is 23.9 Å². The van der Waals surface area contributed by atoms with E-state index in [1.54, 1.807) is 18.3 Å². The zero-order valence-corrected chi connectivity index (χ0v) is 21.1. The van der Waals surface area contributed by atoms with E-state index in [1.165, 1.54) is 7.11 Å². The molecule has 1 N–H and O–H groups in total. The third-order valence-corrected chi connectivity index (χ3v) is 6.70. The first kappa shape index (κ1) is 27.8. The van der Waals surface area contributed by atoms with Crippen molar-refractivity contribution >= 4 is 23.5 Å². The highest BCUT2D eigenvalue weighted by molar-refractivity contribution is 6.06. The van der Waals surface area contributed by atoms with E-state index < -0.39 is 18.1 Å². The van der Waals surface area contributed by atoms with Crippen LogP contribution in [-0.2, 0) is 19.7 Å². The molecule has 1 aromatic carbocycles. The Bertz CT molecular complexity index is 1380. The monoisotopic (exact) mass is 546 g/mol. The second-order valence-electron chi connectivity index (χ2n) is 9.15. The van der Waals surface area contributed by atoms with E-state index in [4.69, 9.17) is 23.8 Å². The molecule has 3 aromatic rings. The van der Waals surface area contributed by atoms with Crippen molar-refractivity contribution in [1.29, 1.82) is 0 Å². The number of alkyl halides is 3. The number of hydrogen-bond donors (Lipinski definition) is 1. The van der Waals surface area contributed by atoms with Crippen molar-refractivity contribution in [3.05, 3.63) is 71.4 Å². The number of fused-ring (bicyclic) bond motifs is 2. The highest BCUT2D eigenvalue weighted by Crippen LogP contribution is 2.48. The smallest absolute Gasteiger partial charge is 0.475 e. The number of amides is 1. The number of pyridine rings is 1. The summed E-state index contributed by atoms with van der Waals surface area (Å²) in [6.45, 7) is 3.77. The fourth-order valence-electron chi connectivity index (χ4n) is 4.69. The number of carboxylic acids is 1. The maximum Gasteiger partial charge on any atom is 0.490 e. The Balaban J connectivity index is 0.000000448. The number of ether oxygens (including phenoxy) is 2. The van der Waals surface area contributed by atoms with Crippen LogP contribution in [0, 0.1) is 6.92 Å². The van der Waals surface area contributed by atoms with Gasteiger partial charge in [0.1, 0.15) is 11.5 Å². The lowest BCUT2D eigenvalue weighted by Crippen LogP contribution is -2.40. The number of aryl methyl sites for hydroxylation is 1. The molecule has 4 heterocycles. The van der Waals surface area contributed by atoms with Gasteiger partial charge in [0, 0.05) is 42.6 Å². The lowest BCUT2D eigenvalue weighted by Gasteiger charge is -2.34. The van der Waals surface area contributed by atoms with Gasteiger partial charge in [-0.05, 0) is 61.2 Å². The molecule has 1 spiro atoms. The fourth-order valence-corrected chi connectivity index (χ4v) is 4.69. The van der Waals surface area contributed by atoms with Gasteiger partial charge >= 0.3 is 18.1 Å². The second kappa shape index (κ2) is 10.9. The van der Waals surface area contributed by atoms with E-state index in [-0.39, 0.29) is 17.0 Å². The van der Waals surface area contributed by atoms with Crippen molar-refractivity contribution in [2.75, 3.05) is 31.8 Å². The van der Waals surface area contributed by atoms with Crippen LogP contribution in [0.25, 0.3) is 11.1 Å². The number of carboxylic acid groups (broad SMARTS) is 1. The van der Waals surface area contributed by atoms with Crippen LogP contribution in [-0.4, -0.2) is 61.0 Å². The van der Waals surface area contributed by atoms with Crippen molar-refractivity contribution in [1.82, 2.24) is 4.98 Å². The molecule has 0 radical (unpaired) electrons. The predicted molar refractivity (Wildman–Crippen MR) is 132 cm³/mol. The number of aromatic nitrogens is 1. The van der Waals surface area contributed by atoms with Crippen LogP contribution >= 0.6 is 0 Å². The minimum absolute atomic E-state index is 0.125. The summed E-state index contributed by atoms with van der Waals surface area (Å²) in [5.74, 6) is -2.28. The molecule has 1 amide bonds. The largest absolute Gasteiger partial charge is 0.490 e. The number of anilines is 1. The first-order valence-electron chi connectivity index (χ1n) is 11.9. The third kappa shape index (κ3) is 5.80. The molecule has 12 heteroatoms. The highest BCUT2D eigenvalue weighted by atomic mass is 19.4. The second-order valence-corrected chi connectivity index (χ2v) is 9.15. The molecule has 206 valence electrons. The average Bonchev–Trinajstić information content (AvgIpc) is 3.49. The quantitative estimate of drug-likeness (QED) is 0.467. The van der Waals surface area contributed by atoms with E-state index >= 15 is 0 Å². The molecule has 0 aliphatic carbocycles. The predicted octanol–water partition coefficient (Wildman–Crippen LogP) is 4.78. The number of esters is 1. The number of nitrogens with zero attached hydrogens (tertiary/aromatic N) is 2. The standard InChI is InChI=1S/C25H24N2O5.C2HF3O2/c1-16-3-8-22(32-16)23(28)27-15-25(9-11-31-12-10-25)19-13-17(5-7-21(19)27)18-4-6-20(26-14-18)24(29)30-2;3-2(4,5)1(6)7/h3-8,13-14H,9-12,15H2,1-2H3;(H,6,7). The van der Waals surface area contributed by atoms with E-state index in [1.807, 2.05) is 36.1 Å². The summed E-state index contributed by atoms with van der Waals surface area (Å²) in [6.07, 6.45) is -1.71. The summed E-state index contributed by atoms with van der Waals surface area (Å²) in [6, 6.07) is 13.2. The average molecular weight is 546 g/mol. The molecule has 2 aliphatic rings. The van der Waals surface area contributed by atoms with E-state index in [0.29, 0.717) is 31.3 Å². The van der Waals surface area contributed by atoms with Gasteiger partial charge in [-0.15, -0.1) is 0 Å². The molecule has 2 aromatic heterocycles. The molecule has 0 bridgehead atoms. The number of carbonyl (C=O) groups is 3. The van der Waals surface area contributed by atoms with Crippen LogP contribution in [0.1, 0.15) is 45.2 Å². The van der Waals surface area contributed by atoms with Crippen LogP contribution in [0.5, 0.6) is 0 Å². The van der Waals surface area contributed by atoms with Gasteiger partial charge in [0.25, 0.3) is 5.91 Å². The molecule has 39 heavy (non-hydrogen) atoms. The SMILES string of the molecule is COC(=O)c1ccc(-c2ccc3c(c2)C2(CCOCC2)CN3C(=O)c2ccc(C)o2)cn1.O=C(O)C(F)(F)F. The number of rotatable bonds is 3. The third-order valence-electron chi connectivity index (χ3n) is 6.70. The summed E-state index contributed by atoms with van der Waals surface area (Å²) in [4.78, 5) is 39.9. The van der Waals surface area contributed by atoms with Crippen LogP contribution in [0.2, 0.25) is 0 Å². The van der Waals surface area contributed by atoms with Gasteiger partial charge in [0.2, 0.25) is 0 Å². The maximum absolute atomic E-state index is 13.3. The Morgan fingerprint density at radius 1 is 1.05 bits per heavy atom. The van der Waals surface area contributed by atoms with Crippen LogP contribution in [0.3, 0.4) is 0 Å². The Hall–Kier alpha value is -4.19. The Morgan fingerprint density at radius 3 is 2.26 bits per heavy atom. The lowest BCUT2D eigenvalue weighted by atomic mass is 9.75. The zero-order chi connectivity index (χ0) is 28.4. The molecule has 9 nitrogen and oxygen atoms in total. The number of benzene rings is 1. The summed E-state index contributed by atoms with van der Waals surface area (Å²) in [5, 5.41) is 7.12. The first-order valence-corrected chi connectivity index (χ1v) is 11.9. The number of furan rings is 1. The van der Waals surface area contributed by atoms with Gasteiger partial charge in [0.05, 0.1) is 7.11 Å². The topological polar surface area (TPSA) is 119 Å². The van der Waals surface area contributed by atoms with Gasteiger partial charge in [-0.25, -0.2) is 14.6 Å². The molecule has 2 aliphatic heterocycles. The summed E-state index contributed by atoms with van der Waals surface area (Å²) in [7, 11) is 1.34. The number of carbonyl (C=O) groups excluding carboxylic acids is 2. The van der Waals surface area contributed by atoms with Gasteiger partial charge in [-0.1, -0.05) is 12.1 Å². The number of hydrogen-bond acceptors (Lipinski definition) is 7. The summed E-state index contributed by atoms with van der Waals surface area (Å²) < 4.78 is 47.7. The molecule has 0 saturated carbocycles. The zero-order valence-electron chi connectivity index (χ0n) is 21.1. The van der Waals surface area contributed by atoms with Crippen molar-refractivity contribution in [3.8, 4) is 11.1 Å². The fraction of sp³-hybridized carbons (Fsp3) is 0.333. The maximum atomic E-state index is 13.3. The van der Waals surface area contributed by atoms with Crippen LogP contribution in [0.4, 0.5) is 18.9 Å². The highest BCUT2D eigenvalue weighted by Gasteiger charge is 2.46. The minimum atomic E-state index is -5.08. The first-order chi connectivity index (χ1) is 18.4. The number of aliphatic carboxylic acids is 1. The van der Waals surface area contributed by atoms with E-state index in [2.05, 4.69) is 11.1 Å². The summed E-state index contributed by atoms with van der Waals surface area (Å²) >= 11 is 0. The van der Waals surface area contributed by atoms with Crippen molar-refractivity contribution in [2.24, 2.45) is 0 Å².